The Morgan fingerprint density at radius 3 is 2.94 bits per heavy atom. The third-order valence-corrected chi connectivity index (χ3v) is 3.02. The van der Waals surface area contributed by atoms with Crippen LogP contribution in [0.15, 0.2) is 16.5 Å². The SMILES string of the molecule is Cc1ccc(C2CN(CCC#N)C(=O)N2C)o1. The average Bonchev–Trinajstić information content (AvgIpc) is 2.84. The van der Waals surface area contributed by atoms with Gasteiger partial charge in [0, 0.05) is 13.6 Å². The molecule has 0 N–H and O–H groups in total. The Balaban J connectivity index is 2.11. The molecule has 1 fully saturated rings. The molecule has 0 radical (unpaired) electrons. The average molecular weight is 233 g/mol. The van der Waals surface area contributed by atoms with Gasteiger partial charge in [-0.15, -0.1) is 0 Å². The van der Waals surface area contributed by atoms with Gasteiger partial charge >= 0.3 is 6.03 Å². The van der Waals surface area contributed by atoms with Gasteiger partial charge in [0.15, 0.2) is 0 Å². The largest absolute Gasteiger partial charge is 0.464 e. The summed E-state index contributed by atoms with van der Waals surface area (Å²) in [7, 11) is 1.76. The Morgan fingerprint density at radius 2 is 2.35 bits per heavy atom. The summed E-state index contributed by atoms with van der Waals surface area (Å²) in [5.74, 6) is 1.65. The maximum atomic E-state index is 11.9. The van der Waals surface area contributed by atoms with E-state index in [1.165, 1.54) is 0 Å². The molecule has 1 aromatic heterocycles. The highest BCUT2D eigenvalue weighted by Crippen LogP contribution is 2.29. The van der Waals surface area contributed by atoms with Crippen molar-refractivity contribution in [3.05, 3.63) is 23.7 Å². The molecule has 17 heavy (non-hydrogen) atoms. The molecule has 1 aliphatic heterocycles. The fourth-order valence-electron chi connectivity index (χ4n) is 2.05. The summed E-state index contributed by atoms with van der Waals surface area (Å²) in [6, 6.07) is 5.76. The normalized spacial score (nSPS) is 19.8. The maximum absolute atomic E-state index is 11.9. The van der Waals surface area contributed by atoms with Gasteiger partial charge < -0.3 is 14.2 Å². The summed E-state index contributed by atoms with van der Waals surface area (Å²) in [6.45, 7) is 2.95. The molecule has 1 atom stereocenters. The van der Waals surface area contributed by atoms with Crippen LogP contribution < -0.4 is 0 Å². The van der Waals surface area contributed by atoms with Crippen LogP contribution in [0.1, 0.15) is 24.0 Å². The van der Waals surface area contributed by atoms with Crippen LogP contribution >= 0.6 is 0 Å². The summed E-state index contributed by atoms with van der Waals surface area (Å²) in [5, 5.41) is 8.54. The number of urea groups is 1. The molecule has 0 aromatic carbocycles. The first-order valence-corrected chi connectivity index (χ1v) is 5.58. The van der Waals surface area contributed by atoms with E-state index in [2.05, 4.69) is 6.07 Å². The molecule has 0 spiro atoms. The van der Waals surface area contributed by atoms with Crippen molar-refractivity contribution in [1.29, 1.82) is 5.26 Å². The van der Waals surface area contributed by atoms with Crippen LogP contribution in [-0.2, 0) is 0 Å². The second-order valence-electron chi connectivity index (χ2n) is 4.21. The van der Waals surface area contributed by atoms with Gasteiger partial charge in [-0.25, -0.2) is 4.79 Å². The van der Waals surface area contributed by atoms with E-state index >= 15 is 0 Å². The maximum Gasteiger partial charge on any atom is 0.320 e. The van der Waals surface area contributed by atoms with Crippen LogP contribution in [-0.4, -0.2) is 36.0 Å². The number of nitrogens with zero attached hydrogens (tertiary/aromatic N) is 3. The van der Waals surface area contributed by atoms with Crippen LogP contribution in [0.2, 0.25) is 0 Å². The second-order valence-corrected chi connectivity index (χ2v) is 4.21. The highest BCUT2D eigenvalue weighted by molar-refractivity contribution is 5.77. The van der Waals surface area contributed by atoms with Crippen LogP contribution in [0.4, 0.5) is 4.79 Å². The smallest absolute Gasteiger partial charge is 0.320 e. The molecular weight excluding hydrogens is 218 g/mol. The molecule has 5 nitrogen and oxygen atoms in total. The van der Waals surface area contributed by atoms with E-state index in [1.807, 2.05) is 19.1 Å². The van der Waals surface area contributed by atoms with Crippen LogP contribution in [0.3, 0.4) is 0 Å². The molecule has 2 heterocycles. The van der Waals surface area contributed by atoms with E-state index < -0.39 is 0 Å². The Hall–Kier alpha value is -1.96. The first-order chi connectivity index (χ1) is 8.13. The minimum Gasteiger partial charge on any atom is -0.464 e. The molecule has 5 heteroatoms. The fourth-order valence-corrected chi connectivity index (χ4v) is 2.05. The minimum atomic E-state index is -0.0464. The van der Waals surface area contributed by atoms with Gasteiger partial charge in [-0.2, -0.15) is 5.26 Å². The van der Waals surface area contributed by atoms with Gasteiger partial charge in [-0.3, -0.25) is 0 Å². The van der Waals surface area contributed by atoms with E-state index in [9.17, 15) is 4.79 Å². The van der Waals surface area contributed by atoms with Crippen molar-refractivity contribution in [2.24, 2.45) is 0 Å². The fraction of sp³-hybridized carbons (Fsp3) is 0.500. The Kier molecular flexibility index (Phi) is 3.05. The highest BCUT2D eigenvalue weighted by atomic mass is 16.3. The molecule has 1 aromatic rings. The topological polar surface area (TPSA) is 60.5 Å². The van der Waals surface area contributed by atoms with Gasteiger partial charge in [0.1, 0.15) is 17.6 Å². The predicted molar refractivity (Wildman–Crippen MR) is 61.1 cm³/mol. The van der Waals surface area contributed by atoms with Crippen molar-refractivity contribution < 1.29 is 9.21 Å². The number of carbonyl (C=O) groups excluding carboxylic acids is 1. The van der Waals surface area contributed by atoms with E-state index in [-0.39, 0.29) is 12.1 Å². The monoisotopic (exact) mass is 233 g/mol. The minimum absolute atomic E-state index is 0.0423. The Bertz CT molecular complexity index is 461. The van der Waals surface area contributed by atoms with E-state index in [4.69, 9.17) is 9.68 Å². The van der Waals surface area contributed by atoms with Gasteiger partial charge in [0.05, 0.1) is 19.0 Å². The number of likely N-dealkylation sites (N-methyl/N-ethyl adjacent to an activating group) is 1. The Morgan fingerprint density at radius 1 is 1.59 bits per heavy atom. The first-order valence-electron chi connectivity index (χ1n) is 5.58. The van der Waals surface area contributed by atoms with Crippen molar-refractivity contribution in [2.75, 3.05) is 20.1 Å². The molecule has 0 bridgehead atoms. The van der Waals surface area contributed by atoms with Crippen molar-refractivity contribution in [3.8, 4) is 6.07 Å². The molecular formula is C12H15N3O2. The second kappa shape index (κ2) is 4.50. The Labute approximate surface area is 100 Å². The summed E-state index contributed by atoms with van der Waals surface area (Å²) in [5.41, 5.74) is 0. The zero-order valence-electron chi connectivity index (χ0n) is 10.0. The van der Waals surface area contributed by atoms with Crippen LogP contribution in [0.5, 0.6) is 0 Å². The third kappa shape index (κ3) is 2.11. The van der Waals surface area contributed by atoms with E-state index in [0.29, 0.717) is 19.5 Å². The third-order valence-electron chi connectivity index (χ3n) is 3.02. The number of furan rings is 1. The molecule has 1 unspecified atom stereocenters. The van der Waals surface area contributed by atoms with Gasteiger partial charge in [0.2, 0.25) is 0 Å². The molecule has 2 amide bonds. The quantitative estimate of drug-likeness (QED) is 0.801. The van der Waals surface area contributed by atoms with Crippen molar-refractivity contribution in [3.63, 3.8) is 0 Å². The molecule has 2 rings (SSSR count). The zero-order valence-corrected chi connectivity index (χ0v) is 10.0. The summed E-state index contributed by atoms with van der Waals surface area (Å²) >= 11 is 0. The lowest BCUT2D eigenvalue weighted by atomic mass is 10.2. The van der Waals surface area contributed by atoms with Gasteiger partial charge in [-0.05, 0) is 19.1 Å². The highest BCUT2D eigenvalue weighted by Gasteiger charge is 2.36. The molecule has 90 valence electrons. The summed E-state index contributed by atoms with van der Waals surface area (Å²) < 4.78 is 5.55. The van der Waals surface area contributed by atoms with Gasteiger partial charge in [-0.1, -0.05) is 0 Å². The first kappa shape index (κ1) is 11.5. The molecule has 1 saturated heterocycles. The molecule has 0 saturated carbocycles. The van der Waals surface area contributed by atoms with Crippen molar-refractivity contribution >= 4 is 6.03 Å². The number of carbonyl (C=O) groups is 1. The number of hydrogen-bond acceptors (Lipinski definition) is 3. The summed E-state index contributed by atoms with van der Waals surface area (Å²) in [6.07, 6.45) is 0.365. The number of aryl methyl sites for hydroxylation is 1. The lowest BCUT2D eigenvalue weighted by Crippen LogP contribution is -2.30. The van der Waals surface area contributed by atoms with Crippen molar-refractivity contribution in [1.82, 2.24) is 9.80 Å². The number of rotatable bonds is 3. The molecule has 0 aliphatic carbocycles. The standard InChI is InChI=1S/C12H15N3O2/c1-9-4-5-11(17-9)10-8-15(7-3-6-13)12(16)14(10)2/h4-5,10H,3,7-8H2,1-2H3. The van der Waals surface area contributed by atoms with E-state index in [0.717, 1.165) is 11.5 Å². The lowest BCUT2D eigenvalue weighted by molar-refractivity contribution is 0.194. The van der Waals surface area contributed by atoms with Gasteiger partial charge in [0.25, 0.3) is 0 Å². The summed E-state index contributed by atoms with van der Waals surface area (Å²) in [4.78, 5) is 15.3. The lowest BCUT2D eigenvalue weighted by Gasteiger charge is -2.15. The number of amides is 2. The van der Waals surface area contributed by atoms with Crippen LogP contribution in [0, 0.1) is 18.3 Å². The van der Waals surface area contributed by atoms with E-state index in [1.54, 1.807) is 16.8 Å². The number of nitriles is 1. The zero-order chi connectivity index (χ0) is 12.4. The number of hydrogen-bond donors (Lipinski definition) is 0. The van der Waals surface area contributed by atoms with Crippen molar-refractivity contribution in [2.45, 2.75) is 19.4 Å². The molecule has 1 aliphatic rings. The predicted octanol–water partition coefficient (Wildman–Crippen LogP) is 1.91. The van der Waals surface area contributed by atoms with Crippen LogP contribution in [0.25, 0.3) is 0 Å².